The van der Waals surface area contributed by atoms with Gasteiger partial charge >= 0.3 is 6.09 Å². The first-order valence-electron chi connectivity index (χ1n) is 9.45. The van der Waals surface area contributed by atoms with E-state index >= 15 is 0 Å². The van der Waals surface area contributed by atoms with E-state index in [1.54, 1.807) is 4.90 Å². The number of carbonyl (C=O) groups is 2. The van der Waals surface area contributed by atoms with Gasteiger partial charge in [0.25, 0.3) is 0 Å². The summed E-state index contributed by atoms with van der Waals surface area (Å²) in [5.41, 5.74) is 7.01. The first kappa shape index (κ1) is 20.2. The third kappa shape index (κ3) is 5.21. The number of nitrogens with zero attached hydrogens (tertiary/aromatic N) is 2. The number of benzene rings is 1. The molecule has 0 radical (unpaired) electrons. The minimum Gasteiger partial charge on any atom is -0.445 e. The Balaban J connectivity index is 1.94. The molecule has 6 heteroatoms. The van der Waals surface area contributed by atoms with Crippen LogP contribution in [0.15, 0.2) is 30.3 Å². The Morgan fingerprint density at radius 3 is 2.62 bits per heavy atom. The van der Waals surface area contributed by atoms with Crippen molar-refractivity contribution in [3.63, 3.8) is 0 Å². The molecule has 2 N–H and O–H groups in total. The molecule has 6 nitrogen and oxygen atoms in total. The van der Waals surface area contributed by atoms with Crippen molar-refractivity contribution in [2.24, 2.45) is 11.7 Å². The summed E-state index contributed by atoms with van der Waals surface area (Å²) in [4.78, 5) is 28.6. The van der Waals surface area contributed by atoms with Gasteiger partial charge in [0.15, 0.2) is 0 Å². The predicted octanol–water partition coefficient (Wildman–Crippen LogP) is 2.62. The molecule has 2 atom stereocenters. The van der Waals surface area contributed by atoms with Crippen molar-refractivity contribution in [3.05, 3.63) is 35.9 Å². The Morgan fingerprint density at radius 1 is 1.31 bits per heavy atom. The van der Waals surface area contributed by atoms with Crippen molar-refractivity contribution >= 4 is 12.0 Å². The second-order valence-corrected chi connectivity index (χ2v) is 7.18. The van der Waals surface area contributed by atoms with Crippen LogP contribution in [-0.2, 0) is 16.1 Å². The molecule has 1 aliphatic heterocycles. The molecule has 0 aromatic heterocycles. The summed E-state index contributed by atoms with van der Waals surface area (Å²) in [6.45, 7) is 7.86. The van der Waals surface area contributed by atoms with E-state index < -0.39 is 6.04 Å². The van der Waals surface area contributed by atoms with Crippen LogP contribution in [0.4, 0.5) is 4.79 Å². The number of hydrogen-bond acceptors (Lipinski definition) is 4. The average molecular weight is 361 g/mol. The Morgan fingerprint density at radius 2 is 2.00 bits per heavy atom. The zero-order valence-corrected chi connectivity index (χ0v) is 16.1. The van der Waals surface area contributed by atoms with Gasteiger partial charge in [0.05, 0.1) is 6.04 Å². The van der Waals surface area contributed by atoms with Gasteiger partial charge in [-0.1, -0.05) is 44.2 Å². The molecular formula is C20H31N3O3. The van der Waals surface area contributed by atoms with Crippen molar-refractivity contribution in [1.82, 2.24) is 9.80 Å². The van der Waals surface area contributed by atoms with Crippen molar-refractivity contribution in [2.75, 3.05) is 19.6 Å². The van der Waals surface area contributed by atoms with Crippen LogP contribution in [0, 0.1) is 5.92 Å². The van der Waals surface area contributed by atoms with Gasteiger partial charge < -0.3 is 20.3 Å². The van der Waals surface area contributed by atoms with E-state index in [0.29, 0.717) is 19.6 Å². The molecule has 2 rings (SSSR count). The second-order valence-electron chi connectivity index (χ2n) is 7.18. The third-order valence-corrected chi connectivity index (χ3v) is 4.93. The molecule has 0 spiro atoms. The zero-order chi connectivity index (χ0) is 19.1. The van der Waals surface area contributed by atoms with Gasteiger partial charge in [-0.25, -0.2) is 4.79 Å². The van der Waals surface area contributed by atoms with E-state index in [-0.39, 0.29) is 30.6 Å². The predicted molar refractivity (Wildman–Crippen MR) is 101 cm³/mol. The Hall–Kier alpha value is -2.08. The van der Waals surface area contributed by atoms with Gasteiger partial charge in [-0.3, -0.25) is 4.79 Å². The number of carbonyl (C=O) groups excluding carboxylic acids is 2. The molecule has 1 saturated heterocycles. The molecule has 0 saturated carbocycles. The summed E-state index contributed by atoms with van der Waals surface area (Å²) in [5, 5.41) is 0. The number of likely N-dealkylation sites (tertiary alicyclic amines) is 1. The van der Waals surface area contributed by atoms with Crippen LogP contribution in [0.2, 0.25) is 0 Å². The average Bonchev–Trinajstić information content (AvgIpc) is 2.67. The Kier molecular flexibility index (Phi) is 7.45. The zero-order valence-electron chi connectivity index (χ0n) is 16.1. The number of hydrogen-bond donors (Lipinski definition) is 1. The molecule has 144 valence electrons. The Bertz CT molecular complexity index is 591. The van der Waals surface area contributed by atoms with Crippen LogP contribution in [0.25, 0.3) is 0 Å². The number of amides is 2. The minimum atomic E-state index is -0.504. The summed E-state index contributed by atoms with van der Waals surface area (Å²) in [6.07, 6.45) is 1.41. The summed E-state index contributed by atoms with van der Waals surface area (Å²) in [5.74, 6) is 0.0547. The SMILES string of the molecule is CCN(C(=O)C(N)C(C)C)C1CCCN(C(=O)OCc2ccccc2)C1. The summed E-state index contributed by atoms with van der Waals surface area (Å²) >= 11 is 0. The molecule has 2 amide bonds. The lowest BCUT2D eigenvalue weighted by molar-refractivity contribution is -0.136. The molecule has 2 unspecified atom stereocenters. The molecule has 1 aliphatic rings. The van der Waals surface area contributed by atoms with Crippen molar-refractivity contribution in [2.45, 2.75) is 52.3 Å². The van der Waals surface area contributed by atoms with Crippen LogP contribution >= 0.6 is 0 Å². The number of nitrogens with two attached hydrogens (primary N) is 1. The topological polar surface area (TPSA) is 75.9 Å². The molecule has 26 heavy (non-hydrogen) atoms. The van der Waals surface area contributed by atoms with E-state index in [0.717, 1.165) is 18.4 Å². The molecule has 1 heterocycles. The van der Waals surface area contributed by atoms with Crippen LogP contribution in [0.3, 0.4) is 0 Å². The molecule has 1 aromatic rings. The highest BCUT2D eigenvalue weighted by Crippen LogP contribution is 2.19. The van der Waals surface area contributed by atoms with E-state index in [4.69, 9.17) is 10.5 Å². The van der Waals surface area contributed by atoms with Crippen LogP contribution in [0.1, 0.15) is 39.2 Å². The highest BCUT2D eigenvalue weighted by molar-refractivity contribution is 5.82. The summed E-state index contributed by atoms with van der Waals surface area (Å²) < 4.78 is 5.43. The van der Waals surface area contributed by atoms with Crippen LogP contribution in [0.5, 0.6) is 0 Å². The smallest absolute Gasteiger partial charge is 0.410 e. The molecule has 0 aliphatic carbocycles. The van der Waals surface area contributed by atoms with E-state index in [2.05, 4.69) is 0 Å². The normalized spacial score (nSPS) is 18.5. The van der Waals surface area contributed by atoms with Gasteiger partial charge in [0.1, 0.15) is 6.61 Å². The van der Waals surface area contributed by atoms with Gasteiger partial charge in [-0.15, -0.1) is 0 Å². The van der Waals surface area contributed by atoms with E-state index in [1.165, 1.54) is 0 Å². The standard InChI is InChI=1S/C20H31N3O3/c1-4-23(19(24)18(21)15(2)3)17-11-8-12-22(13-17)20(25)26-14-16-9-6-5-7-10-16/h5-7,9-10,15,17-18H,4,8,11-14,21H2,1-3H3. The van der Waals surface area contributed by atoms with Gasteiger partial charge in [0.2, 0.25) is 5.91 Å². The van der Waals surface area contributed by atoms with Gasteiger partial charge in [0, 0.05) is 25.7 Å². The van der Waals surface area contributed by atoms with E-state index in [9.17, 15) is 9.59 Å². The quantitative estimate of drug-likeness (QED) is 0.845. The number of ether oxygens (including phenoxy) is 1. The lowest BCUT2D eigenvalue weighted by atomic mass is 10.00. The largest absolute Gasteiger partial charge is 0.445 e. The highest BCUT2D eigenvalue weighted by Gasteiger charge is 2.33. The van der Waals surface area contributed by atoms with Gasteiger partial charge in [-0.2, -0.15) is 0 Å². The Labute approximate surface area is 156 Å². The van der Waals surface area contributed by atoms with Crippen molar-refractivity contribution in [3.8, 4) is 0 Å². The third-order valence-electron chi connectivity index (χ3n) is 4.93. The van der Waals surface area contributed by atoms with E-state index in [1.807, 2.05) is 56.0 Å². The lowest BCUT2D eigenvalue weighted by Crippen LogP contribution is -2.56. The molecule has 0 bridgehead atoms. The van der Waals surface area contributed by atoms with Crippen molar-refractivity contribution in [1.29, 1.82) is 0 Å². The second kappa shape index (κ2) is 9.57. The first-order chi connectivity index (χ1) is 12.4. The molecular weight excluding hydrogens is 330 g/mol. The van der Waals surface area contributed by atoms with Gasteiger partial charge in [-0.05, 0) is 31.2 Å². The molecule has 1 aromatic carbocycles. The fourth-order valence-electron chi connectivity index (χ4n) is 3.26. The van der Waals surface area contributed by atoms with Crippen LogP contribution in [-0.4, -0.2) is 53.5 Å². The maximum atomic E-state index is 12.7. The molecule has 1 fully saturated rings. The maximum absolute atomic E-state index is 12.7. The maximum Gasteiger partial charge on any atom is 0.410 e. The number of rotatable bonds is 6. The highest BCUT2D eigenvalue weighted by atomic mass is 16.6. The number of piperidine rings is 1. The minimum absolute atomic E-state index is 0.00433. The monoisotopic (exact) mass is 361 g/mol. The van der Waals surface area contributed by atoms with Crippen molar-refractivity contribution < 1.29 is 14.3 Å². The fourth-order valence-corrected chi connectivity index (χ4v) is 3.26. The summed E-state index contributed by atoms with van der Waals surface area (Å²) in [7, 11) is 0. The fraction of sp³-hybridized carbons (Fsp3) is 0.600. The number of likely N-dealkylation sites (N-methyl/N-ethyl adjacent to an activating group) is 1. The lowest BCUT2D eigenvalue weighted by Gasteiger charge is -2.39. The summed E-state index contributed by atoms with van der Waals surface area (Å²) in [6, 6.07) is 9.11. The van der Waals surface area contributed by atoms with Crippen LogP contribution < -0.4 is 5.73 Å². The first-order valence-corrected chi connectivity index (χ1v) is 9.45.